The van der Waals surface area contributed by atoms with E-state index in [1.54, 1.807) is 13.0 Å². The topological polar surface area (TPSA) is 79.2 Å². The molecule has 5 nitrogen and oxygen atoms in total. The van der Waals surface area contributed by atoms with Crippen molar-refractivity contribution in [3.8, 4) is 6.07 Å². The monoisotopic (exact) mass is 506 g/mol. The highest BCUT2D eigenvalue weighted by Crippen LogP contribution is 2.27. The van der Waals surface area contributed by atoms with E-state index in [9.17, 15) is 19.2 Å². The predicted molar refractivity (Wildman–Crippen MR) is 137 cm³/mol. The molecule has 0 saturated heterocycles. The van der Waals surface area contributed by atoms with Crippen LogP contribution in [0.15, 0.2) is 66.7 Å². The summed E-state index contributed by atoms with van der Waals surface area (Å²) < 4.78 is 18.9. The zero-order valence-corrected chi connectivity index (χ0v) is 21.4. The molecule has 0 fully saturated rings. The second kappa shape index (κ2) is 11.4. The lowest BCUT2D eigenvalue weighted by molar-refractivity contribution is -0.138. The van der Waals surface area contributed by atoms with Gasteiger partial charge in [0.15, 0.2) is 5.60 Å². The lowest BCUT2D eigenvalue weighted by Crippen LogP contribution is -2.50. The third kappa shape index (κ3) is 6.71. The normalized spacial score (nSPS) is 12.8. The molecule has 1 amide bonds. The van der Waals surface area contributed by atoms with Crippen molar-refractivity contribution >= 4 is 23.5 Å². The maximum Gasteiger partial charge on any atom is 0.339 e. The van der Waals surface area contributed by atoms with Crippen molar-refractivity contribution in [3.05, 3.63) is 105 Å². The number of aryl methyl sites for hydroxylation is 1. The lowest BCUT2D eigenvalue weighted by Gasteiger charge is -2.30. The fourth-order valence-corrected chi connectivity index (χ4v) is 4.09. The molecule has 2 atom stereocenters. The van der Waals surface area contributed by atoms with Gasteiger partial charge in [0.1, 0.15) is 5.82 Å². The molecule has 0 spiro atoms. The van der Waals surface area contributed by atoms with E-state index < -0.39 is 23.3 Å². The molecule has 0 aliphatic carbocycles. The highest BCUT2D eigenvalue weighted by atomic mass is 35.5. The molecular weight excluding hydrogens is 479 g/mol. The van der Waals surface area contributed by atoms with Gasteiger partial charge in [-0.2, -0.15) is 5.26 Å². The van der Waals surface area contributed by atoms with Gasteiger partial charge in [-0.1, -0.05) is 35.9 Å². The Hall–Kier alpha value is -3.69. The largest absolute Gasteiger partial charge is 0.446 e. The van der Waals surface area contributed by atoms with Gasteiger partial charge in [0.05, 0.1) is 17.2 Å². The summed E-state index contributed by atoms with van der Waals surface area (Å²) in [5.74, 6) is -1.81. The number of carbonyl (C=O) groups is 2. The summed E-state index contributed by atoms with van der Waals surface area (Å²) in [6, 6.07) is 20.3. The minimum atomic E-state index is -1.48. The molecule has 186 valence electrons. The van der Waals surface area contributed by atoms with Crippen LogP contribution in [0.3, 0.4) is 0 Å². The van der Waals surface area contributed by atoms with Crippen LogP contribution in [-0.2, 0) is 16.0 Å². The molecule has 1 N–H and O–H groups in total. The molecule has 3 aromatic carbocycles. The number of benzene rings is 3. The highest BCUT2D eigenvalue weighted by molar-refractivity contribution is 6.30. The summed E-state index contributed by atoms with van der Waals surface area (Å²) >= 11 is 6.04. The average molecular weight is 507 g/mol. The summed E-state index contributed by atoms with van der Waals surface area (Å²) in [7, 11) is 0. The van der Waals surface area contributed by atoms with Crippen molar-refractivity contribution in [3.63, 3.8) is 0 Å². The van der Waals surface area contributed by atoms with Gasteiger partial charge in [-0.05, 0) is 93.3 Å². The maximum absolute atomic E-state index is 13.4. The maximum atomic E-state index is 13.4. The van der Waals surface area contributed by atoms with Crippen molar-refractivity contribution in [1.29, 1.82) is 5.26 Å². The molecule has 0 aliphatic rings. The number of nitrogens with zero attached hydrogens (tertiary/aromatic N) is 1. The van der Waals surface area contributed by atoms with Crippen LogP contribution in [0.1, 0.15) is 59.3 Å². The van der Waals surface area contributed by atoms with Crippen LogP contribution >= 0.6 is 11.6 Å². The first-order valence-electron chi connectivity index (χ1n) is 11.5. The molecule has 0 heterocycles. The first kappa shape index (κ1) is 26.9. The number of esters is 1. The van der Waals surface area contributed by atoms with Gasteiger partial charge < -0.3 is 10.1 Å². The number of amides is 1. The average Bonchev–Trinajstić information content (AvgIpc) is 2.83. The number of hydrogen-bond acceptors (Lipinski definition) is 4. The Morgan fingerprint density at radius 1 is 1.11 bits per heavy atom. The molecule has 0 radical (unpaired) electrons. The first-order chi connectivity index (χ1) is 17.0. The second-order valence-corrected chi connectivity index (χ2v) is 9.73. The Morgan fingerprint density at radius 3 is 2.44 bits per heavy atom. The van der Waals surface area contributed by atoms with Crippen molar-refractivity contribution in [1.82, 2.24) is 5.32 Å². The number of halogens is 2. The van der Waals surface area contributed by atoms with E-state index in [2.05, 4.69) is 11.4 Å². The summed E-state index contributed by atoms with van der Waals surface area (Å²) in [5.41, 5.74) is 1.57. The van der Waals surface area contributed by atoms with E-state index in [-0.39, 0.29) is 17.5 Å². The van der Waals surface area contributed by atoms with Crippen LogP contribution < -0.4 is 5.32 Å². The van der Waals surface area contributed by atoms with Gasteiger partial charge in [-0.3, -0.25) is 4.79 Å². The van der Waals surface area contributed by atoms with Crippen LogP contribution in [0, 0.1) is 24.1 Å². The Balaban J connectivity index is 1.80. The van der Waals surface area contributed by atoms with Gasteiger partial charge in [0.2, 0.25) is 0 Å². The number of hydrogen-bond donors (Lipinski definition) is 1. The number of rotatable bonds is 8. The molecule has 3 rings (SSSR count). The summed E-state index contributed by atoms with van der Waals surface area (Å²) in [6.07, 6.45) is 0.586. The van der Waals surface area contributed by atoms with Gasteiger partial charge in [0.25, 0.3) is 5.91 Å². The Labute approximate surface area is 215 Å². The SMILES string of the molecule is Cc1cc(F)ccc1C(=O)OC(C)(C)C(=O)N[C@@H](C)[C@@H](Cc1ccc(Cl)cc1)c1cccc(C#N)c1. The third-order valence-electron chi connectivity index (χ3n) is 6.08. The van der Waals surface area contributed by atoms with Gasteiger partial charge in [-0.25, -0.2) is 9.18 Å². The number of nitrogens with one attached hydrogen (secondary N) is 1. The summed E-state index contributed by atoms with van der Waals surface area (Å²) in [6.45, 7) is 6.50. The fraction of sp³-hybridized carbons (Fsp3) is 0.276. The van der Waals surface area contributed by atoms with E-state index in [1.165, 1.54) is 32.0 Å². The van der Waals surface area contributed by atoms with Crippen molar-refractivity contribution in [2.24, 2.45) is 0 Å². The van der Waals surface area contributed by atoms with E-state index in [0.717, 1.165) is 11.1 Å². The quantitative estimate of drug-likeness (QED) is 0.373. The fourth-order valence-electron chi connectivity index (χ4n) is 3.97. The van der Waals surface area contributed by atoms with Crippen molar-refractivity contribution in [2.75, 3.05) is 0 Å². The zero-order valence-electron chi connectivity index (χ0n) is 20.6. The Kier molecular flexibility index (Phi) is 8.49. The molecule has 3 aromatic rings. The molecular formula is C29H28ClFN2O3. The lowest BCUT2D eigenvalue weighted by atomic mass is 9.85. The Morgan fingerprint density at radius 2 is 1.81 bits per heavy atom. The Bertz CT molecular complexity index is 1300. The van der Waals surface area contributed by atoms with Crippen LogP contribution in [0.4, 0.5) is 4.39 Å². The van der Waals surface area contributed by atoms with Crippen LogP contribution in [0.2, 0.25) is 5.02 Å². The first-order valence-corrected chi connectivity index (χ1v) is 11.9. The molecule has 36 heavy (non-hydrogen) atoms. The standard InChI is InChI=1S/C29H28ClFN2O3/c1-18-14-24(31)12-13-25(18)27(34)36-29(3,4)28(35)33-19(2)26(16-20-8-10-23(30)11-9-20)22-7-5-6-21(15-22)17-32/h5-15,19,26H,16H2,1-4H3,(H,33,35)/t19-,26+/m0/s1. The van der Waals surface area contributed by atoms with E-state index in [4.69, 9.17) is 16.3 Å². The zero-order chi connectivity index (χ0) is 26.5. The molecule has 0 unspecified atom stereocenters. The number of nitriles is 1. The summed E-state index contributed by atoms with van der Waals surface area (Å²) in [4.78, 5) is 25.9. The van der Waals surface area contributed by atoms with Crippen molar-refractivity contribution < 1.29 is 18.7 Å². The van der Waals surface area contributed by atoms with E-state index in [1.807, 2.05) is 49.4 Å². The minimum absolute atomic E-state index is 0.172. The second-order valence-electron chi connectivity index (χ2n) is 9.30. The van der Waals surface area contributed by atoms with Crippen LogP contribution in [0.5, 0.6) is 0 Å². The summed E-state index contributed by atoms with van der Waals surface area (Å²) in [5, 5.41) is 13.0. The molecule has 0 aliphatic heterocycles. The predicted octanol–water partition coefficient (Wildman–Crippen LogP) is 6.13. The van der Waals surface area contributed by atoms with E-state index >= 15 is 0 Å². The minimum Gasteiger partial charge on any atom is -0.446 e. The van der Waals surface area contributed by atoms with Gasteiger partial charge in [0, 0.05) is 17.0 Å². The van der Waals surface area contributed by atoms with Gasteiger partial charge in [-0.15, -0.1) is 0 Å². The molecule has 0 aromatic heterocycles. The number of ether oxygens (including phenoxy) is 1. The smallest absolute Gasteiger partial charge is 0.339 e. The molecule has 7 heteroatoms. The van der Waals surface area contributed by atoms with E-state index in [0.29, 0.717) is 22.6 Å². The molecule has 0 bridgehead atoms. The van der Waals surface area contributed by atoms with Gasteiger partial charge >= 0.3 is 5.97 Å². The van der Waals surface area contributed by atoms with Crippen molar-refractivity contribution in [2.45, 2.75) is 51.7 Å². The van der Waals surface area contributed by atoms with Crippen LogP contribution in [-0.4, -0.2) is 23.5 Å². The molecule has 0 saturated carbocycles. The number of carbonyl (C=O) groups excluding carboxylic acids is 2. The third-order valence-corrected chi connectivity index (χ3v) is 6.33. The van der Waals surface area contributed by atoms with Crippen LogP contribution in [0.25, 0.3) is 0 Å². The highest BCUT2D eigenvalue weighted by Gasteiger charge is 2.35.